The molecule has 29 heavy (non-hydrogen) atoms. The van der Waals surface area contributed by atoms with E-state index in [0.29, 0.717) is 12.0 Å². The first-order valence-corrected chi connectivity index (χ1v) is 10.7. The van der Waals surface area contributed by atoms with Crippen LogP contribution in [0.4, 0.5) is 0 Å². The van der Waals surface area contributed by atoms with E-state index in [1.165, 1.54) is 34.1 Å². The highest BCUT2D eigenvalue weighted by molar-refractivity contribution is 7.89. The van der Waals surface area contributed by atoms with Crippen LogP contribution in [0.15, 0.2) is 53.4 Å². The van der Waals surface area contributed by atoms with E-state index in [4.69, 9.17) is 5.21 Å². The fraction of sp³-hybridized carbons (Fsp3) is 0.300. The minimum atomic E-state index is -3.96. The third kappa shape index (κ3) is 4.47. The number of carbonyl (C=O) groups excluding carboxylic acids is 2. The average Bonchev–Trinajstić information content (AvgIpc) is 3.22. The van der Waals surface area contributed by atoms with E-state index in [1.807, 2.05) is 19.1 Å². The van der Waals surface area contributed by atoms with E-state index in [9.17, 15) is 18.0 Å². The lowest BCUT2D eigenvalue weighted by Crippen LogP contribution is -2.38. The van der Waals surface area contributed by atoms with E-state index >= 15 is 0 Å². The van der Waals surface area contributed by atoms with Crippen molar-refractivity contribution in [1.82, 2.24) is 15.1 Å². The average molecular weight is 417 g/mol. The number of amides is 2. The molecule has 0 radical (unpaired) electrons. The molecule has 9 heteroatoms. The summed E-state index contributed by atoms with van der Waals surface area (Å²) in [5, 5.41) is 11.7. The molecule has 0 bridgehead atoms. The number of carbonyl (C=O) groups is 2. The summed E-state index contributed by atoms with van der Waals surface area (Å²) < 4.78 is 27.2. The first-order valence-electron chi connectivity index (χ1n) is 9.30. The smallest absolute Gasteiger partial charge is 0.276 e. The van der Waals surface area contributed by atoms with Crippen molar-refractivity contribution in [3.63, 3.8) is 0 Å². The van der Waals surface area contributed by atoms with Gasteiger partial charge in [0.1, 0.15) is 0 Å². The molecule has 1 saturated heterocycles. The van der Waals surface area contributed by atoms with Crippen molar-refractivity contribution >= 4 is 21.8 Å². The maximum atomic E-state index is 13.0. The van der Waals surface area contributed by atoms with Gasteiger partial charge in [0, 0.05) is 24.7 Å². The lowest BCUT2D eigenvalue weighted by molar-refractivity contribution is 0.0702. The summed E-state index contributed by atoms with van der Waals surface area (Å²) in [7, 11) is -3.96. The van der Waals surface area contributed by atoms with Crippen molar-refractivity contribution in [1.29, 1.82) is 0 Å². The molecule has 2 amide bonds. The number of nitrogens with one attached hydrogen (secondary N) is 2. The highest BCUT2D eigenvalue weighted by Crippen LogP contribution is 2.24. The summed E-state index contributed by atoms with van der Waals surface area (Å²) in [6.45, 7) is 2.36. The second-order valence-corrected chi connectivity index (χ2v) is 8.72. The Labute approximate surface area is 169 Å². The van der Waals surface area contributed by atoms with E-state index < -0.39 is 15.9 Å². The summed E-state index contributed by atoms with van der Waals surface area (Å²) in [5.74, 6) is -1.15. The molecule has 1 fully saturated rings. The molecule has 2 aromatic carbocycles. The van der Waals surface area contributed by atoms with Gasteiger partial charge in [-0.1, -0.05) is 31.2 Å². The predicted molar refractivity (Wildman–Crippen MR) is 106 cm³/mol. The molecule has 0 aliphatic carbocycles. The zero-order valence-corrected chi connectivity index (χ0v) is 16.8. The molecule has 8 nitrogen and oxygen atoms in total. The monoisotopic (exact) mass is 417 g/mol. The summed E-state index contributed by atoms with van der Waals surface area (Å²) >= 11 is 0. The molecular formula is C20H23N3O5S. The summed E-state index contributed by atoms with van der Waals surface area (Å²) in [4.78, 5) is 24.1. The SMILES string of the molecule is CCc1ccc(C(=O)NC2CCN(S(=O)(=O)c3ccccc3C(=O)NO)C2)cc1. The standard InChI is InChI=1S/C20H23N3O5S/c1-2-14-7-9-15(10-8-14)19(24)21-16-11-12-23(13-16)29(27,28)18-6-4-3-5-17(18)20(25)22-26/h3-10,16,26H,2,11-13H2,1H3,(H,21,24)(H,22,25). The van der Waals surface area contributed by atoms with E-state index in [-0.39, 0.29) is 35.5 Å². The number of aryl methyl sites for hydroxylation is 1. The maximum Gasteiger partial charge on any atom is 0.276 e. The van der Waals surface area contributed by atoms with Crippen molar-refractivity contribution in [3.05, 3.63) is 65.2 Å². The maximum absolute atomic E-state index is 13.0. The molecule has 2 aromatic rings. The van der Waals surface area contributed by atoms with Crippen molar-refractivity contribution in [2.75, 3.05) is 13.1 Å². The molecule has 1 heterocycles. The van der Waals surface area contributed by atoms with Gasteiger partial charge in [-0.2, -0.15) is 4.31 Å². The minimum absolute atomic E-state index is 0.107. The van der Waals surface area contributed by atoms with Crippen LogP contribution >= 0.6 is 0 Å². The van der Waals surface area contributed by atoms with Gasteiger partial charge in [0.25, 0.3) is 11.8 Å². The molecule has 154 valence electrons. The Kier molecular flexibility index (Phi) is 6.31. The molecule has 1 unspecified atom stereocenters. The number of hydrogen-bond acceptors (Lipinski definition) is 5. The second kappa shape index (κ2) is 8.73. The molecule has 3 rings (SSSR count). The summed E-state index contributed by atoms with van der Waals surface area (Å²) in [6.07, 6.45) is 1.35. The lowest BCUT2D eigenvalue weighted by atomic mass is 10.1. The fourth-order valence-electron chi connectivity index (χ4n) is 3.30. The van der Waals surface area contributed by atoms with Gasteiger partial charge in [-0.3, -0.25) is 14.8 Å². The molecule has 0 spiro atoms. The van der Waals surface area contributed by atoms with Crippen molar-refractivity contribution in [2.45, 2.75) is 30.7 Å². The molecule has 0 aromatic heterocycles. The van der Waals surface area contributed by atoms with Crippen LogP contribution in [-0.4, -0.2) is 48.9 Å². The van der Waals surface area contributed by atoms with Crippen LogP contribution in [0, 0.1) is 0 Å². The quantitative estimate of drug-likeness (QED) is 0.487. The van der Waals surface area contributed by atoms with Crippen LogP contribution in [0.3, 0.4) is 0 Å². The Balaban J connectivity index is 1.71. The Hall–Kier alpha value is -2.75. The third-order valence-electron chi connectivity index (χ3n) is 4.96. The first kappa shape index (κ1) is 21.0. The van der Waals surface area contributed by atoms with Gasteiger partial charge in [0.15, 0.2) is 0 Å². The van der Waals surface area contributed by atoms with Crippen molar-refractivity contribution < 1.29 is 23.2 Å². The number of sulfonamides is 1. The number of hydroxylamine groups is 1. The Bertz CT molecular complexity index is 1010. The van der Waals surface area contributed by atoms with Gasteiger partial charge in [-0.15, -0.1) is 0 Å². The number of nitrogens with zero attached hydrogens (tertiary/aromatic N) is 1. The van der Waals surface area contributed by atoms with Gasteiger partial charge in [0.2, 0.25) is 10.0 Å². The van der Waals surface area contributed by atoms with Crippen LogP contribution in [0.1, 0.15) is 39.6 Å². The number of rotatable bonds is 6. The minimum Gasteiger partial charge on any atom is -0.348 e. The predicted octanol–water partition coefficient (Wildman–Crippen LogP) is 1.56. The molecule has 1 aliphatic heterocycles. The summed E-state index contributed by atoms with van der Waals surface area (Å²) in [5.41, 5.74) is 2.98. The topological polar surface area (TPSA) is 116 Å². The van der Waals surface area contributed by atoms with Gasteiger partial charge < -0.3 is 5.32 Å². The highest BCUT2D eigenvalue weighted by Gasteiger charge is 2.35. The zero-order chi connectivity index (χ0) is 21.0. The van der Waals surface area contributed by atoms with Crippen molar-refractivity contribution in [3.8, 4) is 0 Å². The Morgan fingerprint density at radius 1 is 1.10 bits per heavy atom. The molecule has 1 aliphatic rings. The zero-order valence-electron chi connectivity index (χ0n) is 16.0. The first-order chi connectivity index (χ1) is 13.9. The molecular weight excluding hydrogens is 394 g/mol. The normalized spacial score (nSPS) is 17.1. The number of benzene rings is 2. The van der Waals surface area contributed by atoms with E-state index in [2.05, 4.69) is 5.32 Å². The molecule has 1 atom stereocenters. The molecule has 3 N–H and O–H groups in total. The van der Waals surface area contributed by atoms with Gasteiger partial charge >= 0.3 is 0 Å². The Morgan fingerprint density at radius 2 is 1.79 bits per heavy atom. The van der Waals surface area contributed by atoms with Crippen LogP contribution in [0.2, 0.25) is 0 Å². The van der Waals surface area contributed by atoms with Crippen LogP contribution < -0.4 is 10.8 Å². The Morgan fingerprint density at radius 3 is 2.45 bits per heavy atom. The largest absolute Gasteiger partial charge is 0.348 e. The fourth-order valence-corrected chi connectivity index (χ4v) is 4.99. The van der Waals surface area contributed by atoms with Gasteiger partial charge in [-0.05, 0) is 42.7 Å². The van der Waals surface area contributed by atoms with E-state index in [1.54, 1.807) is 12.1 Å². The van der Waals surface area contributed by atoms with Crippen LogP contribution in [0.5, 0.6) is 0 Å². The summed E-state index contributed by atoms with van der Waals surface area (Å²) in [6, 6.07) is 12.6. The van der Waals surface area contributed by atoms with Gasteiger partial charge in [-0.25, -0.2) is 13.9 Å². The molecule has 0 saturated carbocycles. The van der Waals surface area contributed by atoms with Gasteiger partial charge in [0.05, 0.1) is 10.5 Å². The number of hydrogen-bond donors (Lipinski definition) is 3. The lowest BCUT2D eigenvalue weighted by Gasteiger charge is -2.19. The van der Waals surface area contributed by atoms with Crippen LogP contribution in [0.25, 0.3) is 0 Å². The third-order valence-corrected chi connectivity index (χ3v) is 6.88. The van der Waals surface area contributed by atoms with Crippen molar-refractivity contribution in [2.24, 2.45) is 0 Å². The highest BCUT2D eigenvalue weighted by atomic mass is 32.2. The van der Waals surface area contributed by atoms with E-state index in [0.717, 1.165) is 12.0 Å². The van der Waals surface area contributed by atoms with Crippen LogP contribution in [-0.2, 0) is 16.4 Å². The second-order valence-electron chi connectivity index (χ2n) is 6.81.